The number of hydrogen-bond donors (Lipinski definition) is 2. The van der Waals surface area contributed by atoms with Gasteiger partial charge in [-0.2, -0.15) is 0 Å². The van der Waals surface area contributed by atoms with E-state index in [4.69, 9.17) is 0 Å². The maximum atomic E-state index is 12.2. The zero-order chi connectivity index (χ0) is 16.4. The van der Waals surface area contributed by atoms with Gasteiger partial charge < -0.3 is 10.6 Å². The van der Waals surface area contributed by atoms with Gasteiger partial charge in [0.05, 0.1) is 13.1 Å². The molecule has 2 amide bonds. The molecule has 0 bridgehead atoms. The summed E-state index contributed by atoms with van der Waals surface area (Å²) >= 11 is 0. The van der Waals surface area contributed by atoms with Crippen LogP contribution in [-0.2, 0) is 9.59 Å². The van der Waals surface area contributed by atoms with Crippen molar-refractivity contribution in [2.24, 2.45) is 0 Å². The zero-order valence-electron chi connectivity index (χ0n) is 14.5. The molecule has 0 aromatic carbocycles. The summed E-state index contributed by atoms with van der Waals surface area (Å²) in [6.45, 7) is 7.14. The first kappa shape index (κ1) is 18.9. The minimum atomic E-state index is -0.0180. The van der Waals surface area contributed by atoms with Gasteiger partial charge in [-0.15, -0.1) is 0 Å². The first-order valence-corrected chi connectivity index (χ1v) is 8.82. The van der Waals surface area contributed by atoms with Crippen LogP contribution in [0, 0.1) is 0 Å². The number of nitrogens with one attached hydrogen (secondary N) is 2. The number of carbonyl (C=O) groups is 2. The van der Waals surface area contributed by atoms with Gasteiger partial charge in [-0.05, 0) is 33.2 Å². The maximum Gasteiger partial charge on any atom is 0.234 e. The molecule has 0 aromatic rings. The Balaban J connectivity index is 2.35. The molecule has 0 unspecified atom stereocenters. The van der Waals surface area contributed by atoms with Crippen LogP contribution in [0.15, 0.2) is 0 Å². The van der Waals surface area contributed by atoms with Crippen LogP contribution < -0.4 is 10.6 Å². The van der Waals surface area contributed by atoms with Crippen molar-refractivity contribution in [1.82, 2.24) is 15.5 Å². The van der Waals surface area contributed by atoms with E-state index >= 15 is 0 Å². The van der Waals surface area contributed by atoms with Gasteiger partial charge in [-0.25, -0.2) is 0 Å². The van der Waals surface area contributed by atoms with E-state index in [0.717, 1.165) is 12.8 Å². The summed E-state index contributed by atoms with van der Waals surface area (Å²) in [6, 6.07) is 0.450. The highest BCUT2D eigenvalue weighted by atomic mass is 16.2. The quantitative estimate of drug-likeness (QED) is 0.756. The van der Waals surface area contributed by atoms with E-state index in [0.29, 0.717) is 19.1 Å². The Labute approximate surface area is 135 Å². The van der Waals surface area contributed by atoms with Crippen molar-refractivity contribution >= 4 is 11.8 Å². The van der Waals surface area contributed by atoms with Crippen LogP contribution >= 0.6 is 0 Å². The molecule has 1 saturated carbocycles. The summed E-state index contributed by atoms with van der Waals surface area (Å²) in [7, 11) is 0. The van der Waals surface area contributed by atoms with Gasteiger partial charge in [0.1, 0.15) is 0 Å². The summed E-state index contributed by atoms with van der Waals surface area (Å²) in [5, 5.41) is 6.02. The van der Waals surface area contributed by atoms with Gasteiger partial charge >= 0.3 is 0 Å². The van der Waals surface area contributed by atoms with Gasteiger partial charge in [-0.1, -0.05) is 39.0 Å². The van der Waals surface area contributed by atoms with E-state index in [-0.39, 0.29) is 24.4 Å². The van der Waals surface area contributed by atoms with Crippen LogP contribution in [0.1, 0.15) is 65.7 Å². The highest BCUT2D eigenvalue weighted by Gasteiger charge is 2.17. The largest absolute Gasteiger partial charge is 0.353 e. The lowest BCUT2D eigenvalue weighted by molar-refractivity contribution is -0.125. The second-order valence-electron chi connectivity index (χ2n) is 6.64. The van der Waals surface area contributed by atoms with E-state index < -0.39 is 0 Å². The molecule has 1 aliphatic carbocycles. The lowest BCUT2D eigenvalue weighted by Gasteiger charge is -2.24. The van der Waals surface area contributed by atoms with Crippen LogP contribution in [0.4, 0.5) is 0 Å². The van der Waals surface area contributed by atoms with Crippen molar-refractivity contribution in [3.63, 3.8) is 0 Å². The molecule has 0 saturated heterocycles. The molecule has 1 rings (SSSR count). The van der Waals surface area contributed by atoms with Gasteiger partial charge in [0, 0.05) is 12.1 Å². The molecule has 0 radical (unpaired) electrons. The molecular weight excluding hydrogens is 278 g/mol. The van der Waals surface area contributed by atoms with E-state index in [1.807, 2.05) is 25.7 Å². The van der Waals surface area contributed by atoms with Gasteiger partial charge in [-0.3, -0.25) is 14.5 Å². The van der Waals surface area contributed by atoms with Crippen LogP contribution in [0.5, 0.6) is 0 Å². The fraction of sp³-hybridized carbons (Fsp3) is 0.882. The number of hydrogen-bond acceptors (Lipinski definition) is 3. The molecule has 0 aliphatic heterocycles. The molecule has 1 fully saturated rings. The summed E-state index contributed by atoms with van der Waals surface area (Å²) in [6.07, 6.45) is 8.48. The van der Waals surface area contributed by atoms with Gasteiger partial charge in [0.2, 0.25) is 11.8 Å². The summed E-state index contributed by atoms with van der Waals surface area (Å²) in [5.41, 5.74) is 0. The average Bonchev–Trinajstić information content (AvgIpc) is 2.40. The average molecular weight is 311 g/mol. The van der Waals surface area contributed by atoms with Crippen LogP contribution in [-0.4, -0.2) is 48.4 Å². The molecule has 22 heavy (non-hydrogen) atoms. The Morgan fingerprint density at radius 3 is 2.09 bits per heavy atom. The third kappa shape index (κ3) is 8.37. The number of amides is 2. The normalized spacial score (nSPS) is 17.1. The minimum Gasteiger partial charge on any atom is -0.353 e. The SMILES string of the molecule is CCN(CC(=O)NC(C)C)CC(=O)NC1CCCCCCC1. The van der Waals surface area contributed by atoms with Crippen molar-refractivity contribution in [2.75, 3.05) is 19.6 Å². The van der Waals surface area contributed by atoms with E-state index in [1.165, 1.54) is 32.1 Å². The number of likely N-dealkylation sites (N-methyl/N-ethyl adjacent to an activating group) is 1. The summed E-state index contributed by atoms with van der Waals surface area (Å²) in [5.74, 6) is 0.0281. The molecule has 5 heteroatoms. The van der Waals surface area contributed by atoms with Crippen LogP contribution in [0.25, 0.3) is 0 Å². The Kier molecular flexibility index (Phi) is 9.13. The predicted octanol–water partition coefficient (Wildman–Crippen LogP) is 2.06. The molecule has 0 aromatic heterocycles. The molecule has 2 N–H and O–H groups in total. The highest BCUT2D eigenvalue weighted by molar-refractivity contribution is 5.81. The summed E-state index contributed by atoms with van der Waals surface area (Å²) < 4.78 is 0. The van der Waals surface area contributed by atoms with E-state index in [9.17, 15) is 9.59 Å². The fourth-order valence-electron chi connectivity index (χ4n) is 2.93. The monoisotopic (exact) mass is 311 g/mol. The maximum absolute atomic E-state index is 12.2. The Bertz CT molecular complexity index is 337. The third-order valence-electron chi connectivity index (χ3n) is 4.10. The minimum absolute atomic E-state index is 0.0180. The topological polar surface area (TPSA) is 61.4 Å². The van der Waals surface area contributed by atoms with Crippen molar-refractivity contribution in [3.8, 4) is 0 Å². The van der Waals surface area contributed by atoms with E-state index in [1.54, 1.807) is 0 Å². The second kappa shape index (κ2) is 10.6. The predicted molar refractivity (Wildman–Crippen MR) is 89.6 cm³/mol. The summed E-state index contributed by atoms with van der Waals surface area (Å²) in [4.78, 5) is 25.9. The van der Waals surface area contributed by atoms with Gasteiger partial charge in [0.25, 0.3) is 0 Å². The Morgan fingerprint density at radius 1 is 1.00 bits per heavy atom. The lowest BCUT2D eigenvalue weighted by Crippen LogP contribution is -2.46. The first-order valence-electron chi connectivity index (χ1n) is 8.82. The molecule has 0 heterocycles. The molecule has 5 nitrogen and oxygen atoms in total. The molecule has 0 atom stereocenters. The number of nitrogens with zero attached hydrogens (tertiary/aromatic N) is 1. The zero-order valence-corrected chi connectivity index (χ0v) is 14.5. The highest BCUT2D eigenvalue weighted by Crippen LogP contribution is 2.16. The molecule has 128 valence electrons. The molecular formula is C17H33N3O2. The van der Waals surface area contributed by atoms with E-state index in [2.05, 4.69) is 10.6 Å². The van der Waals surface area contributed by atoms with Crippen molar-refractivity contribution in [1.29, 1.82) is 0 Å². The van der Waals surface area contributed by atoms with Gasteiger partial charge in [0.15, 0.2) is 0 Å². The van der Waals surface area contributed by atoms with Crippen LogP contribution in [0.2, 0.25) is 0 Å². The first-order chi connectivity index (χ1) is 10.5. The molecule has 0 spiro atoms. The van der Waals surface area contributed by atoms with Crippen molar-refractivity contribution in [3.05, 3.63) is 0 Å². The Morgan fingerprint density at radius 2 is 1.55 bits per heavy atom. The number of rotatable bonds is 7. The van der Waals surface area contributed by atoms with Crippen molar-refractivity contribution < 1.29 is 9.59 Å². The standard InChI is InChI=1S/C17H33N3O2/c1-4-20(12-16(21)18-14(2)3)13-17(22)19-15-10-8-6-5-7-9-11-15/h14-15H,4-13H2,1-3H3,(H,18,21)(H,19,22). The van der Waals surface area contributed by atoms with Crippen LogP contribution in [0.3, 0.4) is 0 Å². The smallest absolute Gasteiger partial charge is 0.234 e. The molecule has 1 aliphatic rings. The third-order valence-corrected chi connectivity index (χ3v) is 4.10. The van der Waals surface area contributed by atoms with Crippen molar-refractivity contribution in [2.45, 2.75) is 77.8 Å². The lowest BCUT2D eigenvalue weighted by atomic mass is 9.97. The second-order valence-corrected chi connectivity index (χ2v) is 6.64. The number of carbonyl (C=O) groups excluding carboxylic acids is 2. The Hall–Kier alpha value is -1.10. The fourth-order valence-corrected chi connectivity index (χ4v) is 2.93.